The van der Waals surface area contributed by atoms with E-state index < -0.39 is 0 Å². The van der Waals surface area contributed by atoms with E-state index in [0.717, 1.165) is 5.69 Å². The van der Waals surface area contributed by atoms with Crippen molar-refractivity contribution in [3.8, 4) is 5.69 Å². The number of nitrogens with one attached hydrogen (secondary N) is 1. The van der Waals surface area contributed by atoms with Gasteiger partial charge in [0.25, 0.3) is 5.91 Å². The van der Waals surface area contributed by atoms with E-state index in [1.165, 1.54) is 11.8 Å². The zero-order valence-electron chi connectivity index (χ0n) is 14.0. The Labute approximate surface area is 149 Å². The molecule has 0 atom stereocenters. The lowest BCUT2D eigenvalue weighted by molar-refractivity contribution is 0.0937. The minimum atomic E-state index is -0.234. The van der Waals surface area contributed by atoms with Crippen molar-refractivity contribution in [2.24, 2.45) is 0 Å². The first-order valence-electron chi connectivity index (χ1n) is 7.86. The second-order valence-electron chi connectivity index (χ2n) is 5.58. The predicted octanol–water partition coefficient (Wildman–Crippen LogP) is 2.49. The molecule has 3 rings (SSSR count). The molecule has 2 aromatic heterocycles. The molecule has 0 saturated heterocycles. The van der Waals surface area contributed by atoms with Crippen LogP contribution in [0.25, 0.3) is 5.69 Å². The van der Waals surface area contributed by atoms with Gasteiger partial charge in [0.1, 0.15) is 0 Å². The smallest absolute Gasteiger partial charge is 0.274 e. The van der Waals surface area contributed by atoms with Crippen molar-refractivity contribution in [1.29, 1.82) is 0 Å². The van der Waals surface area contributed by atoms with Crippen molar-refractivity contribution in [3.05, 3.63) is 60.2 Å². The van der Waals surface area contributed by atoms with Gasteiger partial charge in [-0.2, -0.15) is 0 Å². The molecule has 2 heterocycles. The summed E-state index contributed by atoms with van der Waals surface area (Å²) in [5.74, 6) is 0.244. The highest BCUT2D eigenvalue weighted by Crippen LogP contribution is 2.22. The predicted molar refractivity (Wildman–Crippen MR) is 95.6 cm³/mol. The third-order valence-electron chi connectivity index (χ3n) is 3.28. The van der Waals surface area contributed by atoms with Gasteiger partial charge < -0.3 is 5.32 Å². The number of rotatable bonds is 6. The fourth-order valence-electron chi connectivity index (χ4n) is 2.21. The molecule has 1 N–H and O–H groups in total. The number of para-hydroxylation sites is 1. The Bertz CT molecular complexity index is 835. The number of hydrogen-bond donors (Lipinski definition) is 1. The molecule has 0 radical (unpaired) electrons. The molecule has 0 fully saturated rings. The molecule has 7 nitrogen and oxygen atoms in total. The van der Waals surface area contributed by atoms with Crippen LogP contribution < -0.4 is 5.32 Å². The van der Waals surface area contributed by atoms with E-state index in [2.05, 4.69) is 25.6 Å². The van der Waals surface area contributed by atoms with Crippen LogP contribution in [0.2, 0.25) is 0 Å². The number of nitrogens with zero attached hydrogens (tertiary/aromatic N) is 5. The quantitative estimate of drug-likeness (QED) is 0.541. The number of benzene rings is 1. The van der Waals surface area contributed by atoms with Crippen molar-refractivity contribution >= 4 is 17.7 Å². The lowest BCUT2D eigenvalue weighted by Gasteiger charge is -2.09. The summed E-state index contributed by atoms with van der Waals surface area (Å²) < 4.78 is 1.69. The highest BCUT2D eigenvalue weighted by molar-refractivity contribution is 7.98. The SMILES string of the molecule is CC(C)NC(=O)c1nnn(-c2ccccc2)c1CSc1ncccn1. The summed E-state index contributed by atoms with van der Waals surface area (Å²) in [6.45, 7) is 3.82. The summed E-state index contributed by atoms with van der Waals surface area (Å²) in [5.41, 5.74) is 1.88. The summed E-state index contributed by atoms with van der Waals surface area (Å²) in [5, 5.41) is 11.8. The molecule has 0 spiro atoms. The average Bonchev–Trinajstić information content (AvgIpc) is 3.05. The Morgan fingerprint density at radius 3 is 2.56 bits per heavy atom. The monoisotopic (exact) mass is 354 g/mol. The summed E-state index contributed by atoms with van der Waals surface area (Å²) in [4.78, 5) is 20.9. The zero-order valence-corrected chi connectivity index (χ0v) is 14.8. The normalized spacial score (nSPS) is 10.8. The van der Waals surface area contributed by atoms with Crippen molar-refractivity contribution < 1.29 is 4.79 Å². The standard InChI is InChI=1S/C17H18N6OS/c1-12(2)20-16(24)15-14(11-25-17-18-9-6-10-19-17)23(22-21-15)13-7-4-3-5-8-13/h3-10,12H,11H2,1-2H3,(H,20,24). The highest BCUT2D eigenvalue weighted by Gasteiger charge is 2.21. The van der Waals surface area contributed by atoms with Crippen LogP contribution in [0.1, 0.15) is 30.0 Å². The van der Waals surface area contributed by atoms with Crippen molar-refractivity contribution in [3.63, 3.8) is 0 Å². The number of amides is 1. The fourth-order valence-corrected chi connectivity index (χ4v) is 3.00. The molecule has 0 bridgehead atoms. The Balaban J connectivity index is 1.93. The molecule has 0 unspecified atom stereocenters. The van der Waals surface area contributed by atoms with Gasteiger partial charge in [0.2, 0.25) is 0 Å². The summed E-state index contributed by atoms with van der Waals surface area (Å²) in [6, 6.07) is 11.4. The molecular weight excluding hydrogens is 336 g/mol. The van der Waals surface area contributed by atoms with Crippen molar-refractivity contribution in [2.75, 3.05) is 0 Å². The van der Waals surface area contributed by atoms with Gasteiger partial charge in [-0.15, -0.1) is 5.10 Å². The van der Waals surface area contributed by atoms with Crippen LogP contribution >= 0.6 is 11.8 Å². The Morgan fingerprint density at radius 2 is 1.88 bits per heavy atom. The first-order chi connectivity index (χ1) is 12.1. The maximum Gasteiger partial charge on any atom is 0.274 e. The van der Waals surface area contributed by atoms with Crippen molar-refractivity contribution in [1.82, 2.24) is 30.3 Å². The number of carbonyl (C=O) groups is 1. The first kappa shape index (κ1) is 17.1. The fraction of sp³-hybridized carbons (Fsp3) is 0.235. The van der Waals surface area contributed by atoms with Crippen LogP contribution in [0, 0.1) is 0 Å². The van der Waals surface area contributed by atoms with Gasteiger partial charge in [0.05, 0.1) is 11.4 Å². The van der Waals surface area contributed by atoms with Gasteiger partial charge in [-0.3, -0.25) is 4.79 Å². The minimum Gasteiger partial charge on any atom is -0.348 e. The number of aromatic nitrogens is 5. The number of thioether (sulfide) groups is 1. The molecule has 0 aliphatic heterocycles. The Morgan fingerprint density at radius 1 is 1.16 bits per heavy atom. The van der Waals surface area contributed by atoms with Crippen LogP contribution in [-0.4, -0.2) is 36.9 Å². The van der Waals surface area contributed by atoms with E-state index in [0.29, 0.717) is 22.3 Å². The molecular formula is C17H18N6OS. The summed E-state index contributed by atoms with van der Waals surface area (Å²) in [7, 11) is 0. The van der Waals surface area contributed by atoms with Crippen LogP contribution in [0.4, 0.5) is 0 Å². The van der Waals surface area contributed by atoms with Gasteiger partial charge in [0.15, 0.2) is 10.9 Å². The summed E-state index contributed by atoms with van der Waals surface area (Å²) >= 11 is 1.43. The number of hydrogen-bond acceptors (Lipinski definition) is 6. The molecule has 8 heteroatoms. The highest BCUT2D eigenvalue weighted by atomic mass is 32.2. The maximum atomic E-state index is 12.5. The summed E-state index contributed by atoms with van der Waals surface area (Å²) in [6.07, 6.45) is 3.38. The van der Waals surface area contributed by atoms with Crippen LogP contribution in [-0.2, 0) is 5.75 Å². The average molecular weight is 354 g/mol. The minimum absolute atomic E-state index is 0.0207. The molecule has 3 aromatic rings. The van der Waals surface area contributed by atoms with Gasteiger partial charge in [0, 0.05) is 24.2 Å². The largest absolute Gasteiger partial charge is 0.348 e. The Kier molecular flexibility index (Phi) is 5.39. The van der Waals surface area contributed by atoms with Crippen LogP contribution in [0.3, 0.4) is 0 Å². The molecule has 0 aliphatic carbocycles. The van der Waals surface area contributed by atoms with E-state index in [-0.39, 0.29) is 11.9 Å². The molecule has 128 valence electrons. The molecule has 0 aliphatic rings. The van der Waals surface area contributed by atoms with E-state index >= 15 is 0 Å². The molecule has 0 saturated carbocycles. The van der Waals surface area contributed by atoms with E-state index in [9.17, 15) is 4.79 Å². The molecule has 1 aromatic carbocycles. The first-order valence-corrected chi connectivity index (χ1v) is 8.84. The van der Waals surface area contributed by atoms with Gasteiger partial charge >= 0.3 is 0 Å². The lowest BCUT2D eigenvalue weighted by atomic mass is 10.2. The lowest BCUT2D eigenvalue weighted by Crippen LogP contribution is -2.31. The van der Waals surface area contributed by atoms with E-state index in [1.807, 2.05) is 44.2 Å². The van der Waals surface area contributed by atoms with E-state index in [1.54, 1.807) is 23.1 Å². The Hall–Kier alpha value is -2.74. The van der Waals surface area contributed by atoms with Crippen molar-refractivity contribution in [2.45, 2.75) is 30.8 Å². The van der Waals surface area contributed by atoms with Gasteiger partial charge in [-0.1, -0.05) is 35.2 Å². The second kappa shape index (κ2) is 7.89. The van der Waals surface area contributed by atoms with E-state index in [4.69, 9.17) is 0 Å². The molecule has 25 heavy (non-hydrogen) atoms. The number of carbonyl (C=O) groups excluding carboxylic acids is 1. The third-order valence-corrected chi connectivity index (χ3v) is 4.17. The van der Waals surface area contributed by atoms with Crippen LogP contribution in [0.5, 0.6) is 0 Å². The second-order valence-corrected chi connectivity index (χ2v) is 6.52. The van der Waals surface area contributed by atoms with Crippen LogP contribution in [0.15, 0.2) is 53.9 Å². The zero-order chi connectivity index (χ0) is 17.6. The van der Waals surface area contributed by atoms with Gasteiger partial charge in [-0.05, 0) is 32.0 Å². The third kappa shape index (κ3) is 4.21. The topological polar surface area (TPSA) is 85.6 Å². The maximum absolute atomic E-state index is 12.5. The van der Waals surface area contributed by atoms with Gasteiger partial charge in [-0.25, -0.2) is 14.6 Å². The molecule has 1 amide bonds.